The van der Waals surface area contributed by atoms with Gasteiger partial charge in [-0.25, -0.2) is 4.79 Å². The van der Waals surface area contributed by atoms with E-state index in [1.165, 1.54) is 0 Å². The maximum absolute atomic E-state index is 10.8. The zero-order chi connectivity index (χ0) is 9.14. The van der Waals surface area contributed by atoms with Crippen molar-refractivity contribution >= 4 is 18.2 Å². The lowest BCUT2D eigenvalue weighted by Crippen LogP contribution is -2.40. The summed E-state index contributed by atoms with van der Waals surface area (Å²) in [5, 5.41) is 8.62. The molecule has 66 valence electrons. The number of hydrogen-bond acceptors (Lipinski definition) is 3. The van der Waals surface area contributed by atoms with Crippen LogP contribution in [0.15, 0.2) is 0 Å². The fourth-order valence-corrected chi connectivity index (χ4v) is 1.35. The molecule has 1 saturated heterocycles. The monoisotopic (exact) mass is 171 g/mol. The molecule has 0 aromatic rings. The zero-order valence-electron chi connectivity index (χ0n) is 6.40. The largest absolute Gasteiger partial charge is 0.480 e. The highest BCUT2D eigenvalue weighted by atomic mass is 16.4. The van der Waals surface area contributed by atoms with E-state index in [0.717, 1.165) is 4.90 Å². The van der Waals surface area contributed by atoms with Gasteiger partial charge in [-0.2, -0.15) is 0 Å². The third-order valence-corrected chi connectivity index (χ3v) is 1.92. The Hall–Kier alpha value is -1.39. The molecule has 5 nitrogen and oxygen atoms in total. The molecule has 1 heterocycles. The second-order valence-corrected chi connectivity index (χ2v) is 2.65. The summed E-state index contributed by atoms with van der Waals surface area (Å²) < 4.78 is 0. The quantitative estimate of drug-likeness (QED) is 0.438. The highest BCUT2D eigenvalue weighted by molar-refractivity contribution is 6.24. The van der Waals surface area contributed by atoms with Crippen LogP contribution in [0.3, 0.4) is 0 Å². The Balaban J connectivity index is 2.69. The summed E-state index contributed by atoms with van der Waals surface area (Å²) in [7, 11) is 0. The van der Waals surface area contributed by atoms with Crippen molar-refractivity contribution in [1.29, 1.82) is 0 Å². The molecule has 1 atom stereocenters. The summed E-state index contributed by atoms with van der Waals surface area (Å²) in [5.74, 6) is -1.78. The minimum atomic E-state index is -1.04. The Morgan fingerprint density at radius 2 is 2.17 bits per heavy atom. The summed E-state index contributed by atoms with van der Waals surface area (Å²) in [4.78, 5) is 32.5. The summed E-state index contributed by atoms with van der Waals surface area (Å²) in [6.07, 6.45) is 1.24. The molecule has 0 radical (unpaired) electrons. The van der Waals surface area contributed by atoms with E-state index in [9.17, 15) is 14.4 Å². The number of aliphatic carboxylic acids is 1. The molecule has 1 aliphatic heterocycles. The Bertz CT molecular complexity index is 225. The summed E-state index contributed by atoms with van der Waals surface area (Å²) in [6.45, 7) is 0.370. The van der Waals surface area contributed by atoms with Gasteiger partial charge in [-0.3, -0.25) is 9.59 Å². The maximum Gasteiger partial charge on any atom is 0.326 e. The Morgan fingerprint density at radius 1 is 1.50 bits per heavy atom. The first-order chi connectivity index (χ1) is 5.66. The van der Waals surface area contributed by atoms with Gasteiger partial charge in [0.05, 0.1) is 0 Å². The first kappa shape index (κ1) is 8.70. The van der Waals surface area contributed by atoms with Crippen molar-refractivity contribution in [2.24, 2.45) is 0 Å². The van der Waals surface area contributed by atoms with E-state index in [0.29, 0.717) is 19.4 Å². The average molecular weight is 171 g/mol. The van der Waals surface area contributed by atoms with Gasteiger partial charge in [-0.15, -0.1) is 0 Å². The number of carbonyl (C=O) groups is 3. The molecule has 1 N–H and O–H groups in total. The molecule has 0 saturated carbocycles. The number of carboxylic acids is 1. The van der Waals surface area contributed by atoms with Crippen LogP contribution in [0.4, 0.5) is 0 Å². The van der Waals surface area contributed by atoms with Crippen molar-refractivity contribution in [2.45, 2.75) is 18.9 Å². The number of carbonyl (C=O) groups excluding carboxylic acids is 2. The molecule has 1 rings (SSSR count). The van der Waals surface area contributed by atoms with Crippen LogP contribution in [-0.2, 0) is 14.4 Å². The standard InChI is InChI=1S/C7H9NO4/c9-4-6(10)8-3-1-2-5(8)7(11)12/h4-5H,1-3H2,(H,11,12). The Kier molecular flexibility index (Phi) is 2.42. The van der Waals surface area contributed by atoms with E-state index in [1.54, 1.807) is 0 Å². The molecule has 0 aromatic carbocycles. The van der Waals surface area contributed by atoms with Gasteiger partial charge < -0.3 is 10.0 Å². The Morgan fingerprint density at radius 3 is 2.67 bits per heavy atom. The van der Waals surface area contributed by atoms with Crippen LogP contribution >= 0.6 is 0 Å². The van der Waals surface area contributed by atoms with E-state index in [2.05, 4.69) is 0 Å². The van der Waals surface area contributed by atoms with Crippen molar-refractivity contribution in [3.8, 4) is 0 Å². The second-order valence-electron chi connectivity index (χ2n) is 2.65. The number of aldehydes is 1. The van der Waals surface area contributed by atoms with Crippen LogP contribution in [0, 0.1) is 0 Å². The lowest BCUT2D eigenvalue weighted by atomic mass is 10.2. The zero-order valence-corrected chi connectivity index (χ0v) is 6.40. The smallest absolute Gasteiger partial charge is 0.326 e. The predicted octanol–water partition coefficient (Wildman–Crippen LogP) is -0.739. The van der Waals surface area contributed by atoms with Crippen molar-refractivity contribution < 1.29 is 19.5 Å². The fourth-order valence-electron chi connectivity index (χ4n) is 1.35. The average Bonchev–Trinajstić information content (AvgIpc) is 2.50. The molecule has 1 amide bonds. The highest BCUT2D eigenvalue weighted by Crippen LogP contribution is 2.16. The minimum Gasteiger partial charge on any atom is -0.480 e. The van der Waals surface area contributed by atoms with Crippen LogP contribution in [0.5, 0.6) is 0 Å². The van der Waals surface area contributed by atoms with Gasteiger partial charge in [0.1, 0.15) is 6.04 Å². The SMILES string of the molecule is O=CC(=O)N1CCCC1C(=O)O. The predicted molar refractivity (Wildman–Crippen MR) is 38.4 cm³/mol. The third-order valence-electron chi connectivity index (χ3n) is 1.92. The van der Waals surface area contributed by atoms with E-state index in [-0.39, 0.29) is 6.29 Å². The van der Waals surface area contributed by atoms with E-state index in [4.69, 9.17) is 5.11 Å². The van der Waals surface area contributed by atoms with Gasteiger partial charge in [0.2, 0.25) is 6.29 Å². The van der Waals surface area contributed by atoms with Crippen LogP contribution in [0.1, 0.15) is 12.8 Å². The van der Waals surface area contributed by atoms with E-state index >= 15 is 0 Å². The van der Waals surface area contributed by atoms with Gasteiger partial charge in [0.25, 0.3) is 5.91 Å². The van der Waals surface area contributed by atoms with Gasteiger partial charge in [-0.05, 0) is 12.8 Å². The molecular formula is C7H9NO4. The van der Waals surface area contributed by atoms with Gasteiger partial charge >= 0.3 is 5.97 Å². The first-order valence-electron chi connectivity index (χ1n) is 3.65. The minimum absolute atomic E-state index is 0.154. The van der Waals surface area contributed by atoms with Gasteiger partial charge in [0.15, 0.2) is 0 Å². The van der Waals surface area contributed by atoms with Gasteiger partial charge in [-0.1, -0.05) is 0 Å². The molecule has 0 bridgehead atoms. The van der Waals surface area contributed by atoms with Crippen LogP contribution in [-0.4, -0.2) is 40.8 Å². The van der Waals surface area contributed by atoms with Crippen molar-refractivity contribution in [2.75, 3.05) is 6.54 Å². The normalized spacial score (nSPS) is 22.3. The molecule has 1 unspecified atom stereocenters. The van der Waals surface area contributed by atoms with Crippen LogP contribution < -0.4 is 0 Å². The molecule has 0 spiro atoms. The highest BCUT2D eigenvalue weighted by Gasteiger charge is 2.33. The molecule has 1 fully saturated rings. The lowest BCUT2D eigenvalue weighted by Gasteiger charge is -2.17. The number of likely N-dealkylation sites (tertiary alicyclic amines) is 1. The summed E-state index contributed by atoms with van der Waals surface area (Å²) in [5.41, 5.74) is 0. The fraction of sp³-hybridized carbons (Fsp3) is 0.571. The summed E-state index contributed by atoms with van der Waals surface area (Å²) >= 11 is 0. The molecule has 0 aromatic heterocycles. The number of nitrogens with zero attached hydrogens (tertiary/aromatic N) is 1. The third kappa shape index (κ3) is 1.44. The van der Waals surface area contributed by atoms with E-state index < -0.39 is 17.9 Å². The summed E-state index contributed by atoms with van der Waals surface area (Å²) in [6, 6.07) is -0.803. The molecule has 0 aliphatic carbocycles. The first-order valence-corrected chi connectivity index (χ1v) is 3.65. The number of hydrogen-bond donors (Lipinski definition) is 1. The van der Waals surface area contributed by atoms with Crippen molar-refractivity contribution in [1.82, 2.24) is 4.90 Å². The molecule has 1 aliphatic rings. The van der Waals surface area contributed by atoms with Gasteiger partial charge in [0, 0.05) is 6.54 Å². The van der Waals surface area contributed by atoms with Crippen LogP contribution in [0.25, 0.3) is 0 Å². The molecule has 12 heavy (non-hydrogen) atoms. The van der Waals surface area contributed by atoms with Crippen molar-refractivity contribution in [3.63, 3.8) is 0 Å². The topological polar surface area (TPSA) is 74.7 Å². The number of carboxylic acid groups (broad SMARTS) is 1. The van der Waals surface area contributed by atoms with Crippen LogP contribution in [0.2, 0.25) is 0 Å². The maximum atomic E-state index is 10.8. The van der Waals surface area contributed by atoms with E-state index in [1.807, 2.05) is 0 Å². The number of amides is 1. The molecule has 5 heteroatoms. The molecular weight excluding hydrogens is 162 g/mol. The second kappa shape index (κ2) is 3.34. The lowest BCUT2D eigenvalue weighted by molar-refractivity contribution is -0.149. The Labute approximate surface area is 69.0 Å². The van der Waals surface area contributed by atoms with Crippen molar-refractivity contribution in [3.05, 3.63) is 0 Å². The number of rotatable bonds is 2.